The summed E-state index contributed by atoms with van der Waals surface area (Å²) in [5.41, 5.74) is -0.670. The number of carbonyl (C=O) groups is 4. The van der Waals surface area contributed by atoms with E-state index in [0.29, 0.717) is 25.1 Å². The SMILES string of the molecule is CC(C)(C)C(=O)CCCCCN1C(=O)CC(SCCC(=O)C(C)(C)C)C1=O. The highest BCUT2D eigenvalue weighted by Gasteiger charge is 2.38. The fourth-order valence-corrected chi connectivity index (χ4v) is 3.91. The van der Waals surface area contributed by atoms with Gasteiger partial charge in [-0.25, -0.2) is 0 Å². The van der Waals surface area contributed by atoms with Gasteiger partial charge in [0.25, 0.3) is 0 Å². The third kappa shape index (κ3) is 7.76. The maximum absolute atomic E-state index is 12.4. The Bertz CT molecular complexity index is 572. The van der Waals surface area contributed by atoms with Gasteiger partial charge in [-0.2, -0.15) is 0 Å². The van der Waals surface area contributed by atoms with Crippen molar-refractivity contribution in [2.24, 2.45) is 10.8 Å². The Morgan fingerprint density at radius 1 is 0.926 bits per heavy atom. The summed E-state index contributed by atoms with van der Waals surface area (Å²) in [4.78, 5) is 49.8. The molecule has 0 radical (unpaired) electrons. The molecule has 154 valence electrons. The molecule has 0 aliphatic carbocycles. The highest BCUT2D eigenvalue weighted by Crippen LogP contribution is 2.27. The highest BCUT2D eigenvalue weighted by molar-refractivity contribution is 8.00. The average molecular weight is 398 g/mol. The van der Waals surface area contributed by atoms with Crippen LogP contribution in [-0.4, -0.2) is 45.8 Å². The van der Waals surface area contributed by atoms with Gasteiger partial charge in [0.15, 0.2) is 0 Å². The molecule has 1 unspecified atom stereocenters. The Morgan fingerprint density at radius 3 is 2.04 bits per heavy atom. The maximum Gasteiger partial charge on any atom is 0.242 e. The van der Waals surface area contributed by atoms with E-state index in [1.165, 1.54) is 16.7 Å². The number of imide groups is 1. The van der Waals surface area contributed by atoms with Crippen molar-refractivity contribution in [2.75, 3.05) is 12.3 Å². The quantitative estimate of drug-likeness (QED) is 0.411. The monoisotopic (exact) mass is 397 g/mol. The molecule has 0 aromatic carbocycles. The van der Waals surface area contributed by atoms with Gasteiger partial charge in [-0.15, -0.1) is 11.8 Å². The molecule has 1 aliphatic rings. The summed E-state index contributed by atoms with van der Waals surface area (Å²) >= 11 is 1.42. The molecule has 0 aromatic heterocycles. The first kappa shape index (κ1) is 23.9. The van der Waals surface area contributed by atoms with Crippen LogP contribution in [0.3, 0.4) is 0 Å². The number of rotatable bonds is 10. The van der Waals surface area contributed by atoms with Gasteiger partial charge in [-0.1, -0.05) is 48.0 Å². The van der Waals surface area contributed by atoms with Crippen molar-refractivity contribution in [2.45, 2.75) is 85.3 Å². The van der Waals surface area contributed by atoms with E-state index >= 15 is 0 Å². The second kappa shape index (κ2) is 9.85. The lowest BCUT2D eigenvalue weighted by Crippen LogP contribution is -2.32. The summed E-state index contributed by atoms with van der Waals surface area (Å²) < 4.78 is 0. The summed E-state index contributed by atoms with van der Waals surface area (Å²) in [5.74, 6) is 0.748. The molecule has 0 saturated carbocycles. The number of hydrogen-bond donors (Lipinski definition) is 0. The van der Waals surface area contributed by atoms with Crippen LogP contribution in [0, 0.1) is 10.8 Å². The normalized spacial score (nSPS) is 18.3. The van der Waals surface area contributed by atoms with Gasteiger partial charge in [0.1, 0.15) is 11.6 Å². The van der Waals surface area contributed by atoms with Crippen LogP contribution in [-0.2, 0) is 19.2 Å². The Balaban J connectivity index is 2.32. The molecule has 1 aliphatic heterocycles. The lowest BCUT2D eigenvalue weighted by molar-refractivity contribution is -0.138. The number of amides is 2. The minimum atomic E-state index is -0.365. The molecule has 5 nitrogen and oxygen atoms in total. The van der Waals surface area contributed by atoms with E-state index < -0.39 is 0 Å². The van der Waals surface area contributed by atoms with Crippen molar-refractivity contribution >= 4 is 35.1 Å². The molecule has 2 amide bonds. The summed E-state index contributed by atoms with van der Waals surface area (Å²) in [6.45, 7) is 11.9. The molecule has 6 heteroatoms. The van der Waals surface area contributed by atoms with Crippen molar-refractivity contribution in [3.05, 3.63) is 0 Å². The molecule has 0 aromatic rings. The second-order valence-corrected chi connectivity index (χ2v) is 10.7. The number of likely N-dealkylation sites (tertiary alicyclic amines) is 1. The lowest BCUT2D eigenvalue weighted by atomic mass is 9.88. The first-order valence-corrected chi connectivity index (χ1v) is 10.9. The van der Waals surface area contributed by atoms with Gasteiger partial charge in [0.2, 0.25) is 11.8 Å². The van der Waals surface area contributed by atoms with Crippen molar-refractivity contribution < 1.29 is 19.2 Å². The molecule has 0 N–H and O–H groups in total. The van der Waals surface area contributed by atoms with Gasteiger partial charge >= 0.3 is 0 Å². The zero-order valence-corrected chi connectivity index (χ0v) is 18.5. The molecule has 1 fully saturated rings. The molecule has 0 spiro atoms. The van der Waals surface area contributed by atoms with Gasteiger partial charge < -0.3 is 0 Å². The minimum absolute atomic E-state index is 0.120. The molecular weight excluding hydrogens is 362 g/mol. The molecule has 1 saturated heterocycles. The predicted molar refractivity (Wildman–Crippen MR) is 110 cm³/mol. The van der Waals surface area contributed by atoms with Gasteiger partial charge in [0.05, 0.1) is 5.25 Å². The van der Waals surface area contributed by atoms with Gasteiger partial charge in [-0.05, 0) is 12.8 Å². The molecule has 27 heavy (non-hydrogen) atoms. The maximum atomic E-state index is 12.4. The summed E-state index contributed by atoms with van der Waals surface area (Å²) in [5, 5.41) is -0.354. The number of thioether (sulfide) groups is 1. The molecule has 0 bridgehead atoms. The van der Waals surface area contributed by atoms with E-state index in [4.69, 9.17) is 0 Å². The Labute approximate surface area is 168 Å². The highest BCUT2D eigenvalue weighted by atomic mass is 32.2. The largest absolute Gasteiger partial charge is 0.299 e. The van der Waals surface area contributed by atoms with E-state index in [9.17, 15) is 19.2 Å². The first-order chi connectivity index (χ1) is 12.3. The minimum Gasteiger partial charge on any atom is -0.299 e. The van der Waals surface area contributed by atoms with E-state index in [1.54, 1.807) is 0 Å². The average Bonchev–Trinajstić information content (AvgIpc) is 2.79. The zero-order valence-electron chi connectivity index (χ0n) is 17.7. The number of ketones is 2. The smallest absolute Gasteiger partial charge is 0.242 e. The summed E-state index contributed by atoms with van der Waals surface area (Å²) in [6.07, 6.45) is 3.56. The van der Waals surface area contributed by atoms with Crippen LogP contribution in [0.2, 0.25) is 0 Å². The lowest BCUT2D eigenvalue weighted by Gasteiger charge is -2.17. The number of nitrogens with zero attached hydrogens (tertiary/aromatic N) is 1. The fraction of sp³-hybridized carbons (Fsp3) is 0.810. The standard InChI is InChI=1S/C21H35NO4S/c1-20(2,3)16(23)10-8-7-9-12-22-18(25)14-15(19(22)26)27-13-11-17(24)21(4,5)6/h15H,7-14H2,1-6H3. The van der Waals surface area contributed by atoms with Crippen LogP contribution >= 0.6 is 11.8 Å². The number of Topliss-reactive ketones (excluding diaryl/α,β-unsaturated/α-hetero) is 2. The Hall–Kier alpha value is -1.17. The van der Waals surface area contributed by atoms with Crippen LogP contribution in [0.1, 0.15) is 80.1 Å². The second-order valence-electron chi connectivity index (χ2n) is 9.35. The fourth-order valence-electron chi connectivity index (χ4n) is 2.79. The van der Waals surface area contributed by atoms with Gasteiger partial charge in [-0.3, -0.25) is 24.1 Å². The van der Waals surface area contributed by atoms with Crippen LogP contribution in [0.15, 0.2) is 0 Å². The van der Waals surface area contributed by atoms with Crippen LogP contribution in [0.4, 0.5) is 0 Å². The van der Waals surface area contributed by atoms with E-state index in [0.717, 1.165) is 19.3 Å². The Morgan fingerprint density at radius 2 is 1.48 bits per heavy atom. The zero-order chi connectivity index (χ0) is 20.8. The van der Waals surface area contributed by atoms with Crippen LogP contribution < -0.4 is 0 Å². The van der Waals surface area contributed by atoms with Crippen molar-refractivity contribution in [1.29, 1.82) is 0 Å². The third-order valence-electron chi connectivity index (χ3n) is 4.81. The summed E-state index contributed by atoms with van der Waals surface area (Å²) in [6, 6.07) is 0. The van der Waals surface area contributed by atoms with E-state index in [1.807, 2.05) is 41.5 Å². The predicted octanol–water partition coefficient (Wildman–Crippen LogP) is 4.03. The third-order valence-corrected chi connectivity index (χ3v) is 6.02. The van der Waals surface area contributed by atoms with Gasteiger partial charge in [0, 0.05) is 42.4 Å². The van der Waals surface area contributed by atoms with Crippen molar-refractivity contribution in [3.8, 4) is 0 Å². The molecular formula is C21H35NO4S. The first-order valence-electron chi connectivity index (χ1n) is 9.86. The number of unbranched alkanes of at least 4 members (excludes halogenated alkanes) is 2. The van der Waals surface area contributed by atoms with Crippen molar-refractivity contribution in [3.63, 3.8) is 0 Å². The van der Waals surface area contributed by atoms with Crippen LogP contribution in [0.25, 0.3) is 0 Å². The number of hydrogen-bond acceptors (Lipinski definition) is 5. The molecule has 1 atom stereocenters. The topological polar surface area (TPSA) is 71.5 Å². The van der Waals surface area contributed by atoms with E-state index in [-0.39, 0.29) is 45.9 Å². The van der Waals surface area contributed by atoms with Crippen LogP contribution in [0.5, 0.6) is 0 Å². The van der Waals surface area contributed by atoms with Crippen molar-refractivity contribution in [1.82, 2.24) is 4.90 Å². The molecule has 1 rings (SSSR count). The molecule has 1 heterocycles. The summed E-state index contributed by atoms with van der Waals surface area (Å²) in [7, 11) is 0. The van der Waals surface area contributed by atoms with E-state index in [2.05, 4.69) is 0 Å². The Kier molecular flexibility index (Phi) is 8.71. The number of carbonyl (C=O) groups excluding carboxylic acids is 4.